The summed E-state index contributed by atoms with van der Waals surface area (Å²) in [5.41, 5.74) is 0. The van der Waals surface area contributed by atoms with Crippen LogP contribution in [0.1, 0.15) is 13.3 Å². The molecule has 104 valence electrons. The van der Waals surface area contributed by atoms with E-state index in [1.807, 2.05) is 0 Å². The topological polar surface area (TPSA) is 47.6 Å². The molecule has 1 aromatic rings. The van der Waals surface area contributed by atoms with Crippen molar-refractivity contribution in [1.82, 2.24) is 5.32 Å². The van der Waals surface area contributed by atoms with Crippen LogP contribution in [-0.2, 0) is 9.53 Å². The van der Waals surface area contributed by atoms with Gasteiger partial charge in [0.15, 0.2) is 6.10 Å². The fourth-order valence-corrected chi connectivity index (χ4v) is 2.31. The van der Waals surface area contributed by atoms with Crippen molar-refractivity contribution in [3.05, 3.63) is 27.7 Å². The van der Waals surface area contributed by atoms with E-state index in [9.17, 15) is 4.79 Å². The highest BCUT2D eigenvalue weighted by molar-refractivity contribution is 9.10. The van der Waals surface area contributed by atoms with E-state index in [4.69, 9.17) is 21.1 Å². The van der Waals surface area contributed by atoms with Gasteiger partial charge in [-0.3, -0.25) is 4.79 Å². The maximum absolute atomic E-state index is 12.0. The van der Waals surface area contributed by atoms with Gasteiger partial charge in [-0.1, -0.05) is 17.7 Å². The molecule has 1 amide bonds. The molecule has 1 fully saturated rings. The Balaban J connectivity index is 1.94. The van der Waals surface area contributed by atoms with Crippen molar-refractivity contribution in [3.63, 3.8) is 0 Å². The first-order chi connectivity index (χ1) is 9.08. The molecule has 0 saturated carbocycles. The van der Waals surface area contributed by atoms with Crippen LogP contribution in [-0.4, -0.2) is 31.3 Å². The molecule has 0 aromatic heterocycles. The molecular weight excluding hydrogens is 334 g/mol. The third kappa shape index (κ3) is 3.84. The number of nitrogens with one attached hydrogen (secondary N) is 1. The monoisotopic (exact) mass is 347 g/mol. The summed E-state index contributed by atoms with van der Waals surface area (Å²) in [5.74, 6) is 0.403. The second-order valence-corrected chi connectivity index (χ2v) is 5.58. The Morgan fingerprint density at radius 1 is 1.63 bits per heavy atom. The maximum atomic E-state index is 12.0. The van der Waals surface area contributed by atoms with Crippen LogP contribution in [0, 0.1) is 0 Å². The lowest BCUT2D eigenvalue weighted by Crippen LogP contribution is -2.42. The van der Waals surface area contributed by atoms with Gasteiger partial charge in [0.2, 0.25) is 0 Å². The number of carbonyl (C=O) groups excluding carboxylic acids is 1. The highest BCUT2D eigenvalue weighted by Crippen LogP contribution is 2.32. The van der Waals surface area contributed by atoms with Gasteiger partial charge in [-0.05, 0) is 41.4 Å². The van der Waals surface area contributed by atoms with E-state index in [0.717, 1.165) is 6.42 Å². The molecule has 2 unspecified atom stereocenters. The Labute approximate surface area is 125 Å². The lowest BCUT2D eigenvalue weighted by Gasteiger charge is -2.18. The lowest BCUT2D eigenvalue weighted by molar-refractivity contribution is -0.128. The molecule has 1 aromatic carbocycles. The molecule has 1 N–H and O–H groups in total. The number of ether oxygens (including phenoxy) is 2. The zero-order chi connectivity index (χ0) is 13.8. The van der Waals surface area contributed by atoms with Crippen molar-refractivity contribution in [1.29, 1.82) is 0 Å². The van der Waals surface area contributed by atoms with Crippen molar-refractivity contribution >= 4 is 33.4 Å². The minimum Gasteiger partial charge on any atom is -0.480 e. The summed E-state index contributed by atoms with van der Waals surface area (Å²) in [6.07, 6.45) is 0.259. The molecule has 2 atom stereocenters. The average Bonchev–Trinajstić information content (AvgIpc) is 2.87. The number of carbonyl (C=O) groups is 1. The quantitative estimate of drug-likeness (QED) is 0.910. The molecule has 0 radical (unpaired) electrons. The van der Waals surface area contributed by atoms with Gasteiger partial charge in [0, 0.05) is 6.61 Å². The van der Waals surface area contributed by atoms with Gasteiger partial charge in [-0.15, -0.1) is 0 Å². The first-order valence-electron chi connectivity index (χ1n) is 6.06. The predicted octanol–water partition coefficient (Wildman–Crippen LogP) is 2.77. The van der Waals surface area contributed by atoms with Crippen LogP contribution in [0.15, 0.2) is 22.7 Å². The highest BCUT2D eigenvalue weighted by atomic mass is 79.9. The van der Waals surface area contributed by atoms with Gasteiger partial charge >= 0.3 is 0 Å². The largest absolute Gasteiger partial charge is 0.480 e. The van der Waals surface area contributed by atoms with Crippen LogP contribution in [0.3, 0.4) is 0 Å². The average molecular weight is 349 g/mol. The van der Waals surface area contributed by atoms with Crippen molar-refractivity contribution in [2.45, 2.75) is 25.5 Å². The molecule has 4 nitrogen and oxygen atoms in total. The molecule has 0 spiro atoms. The Morgan fingerprint density at radius 3 is 3.11 bits per heavy atom. The van der Waals surface area contributed by atoms with Crippen molar-refractivity contribution < 1.29 is 14.3 Å². The first-order valence-corrected chi connectivity index (χ1v) is 7.24. The highest BCUT2D eigenvalue weighted by Gasteiger charge is 2.22. The van der Waals surface area contributed by atoms with E-state index in [1.54, 1.807) is 25.1 Å². The van der Waals surface area contributed by atoms with E-state index in [1.165, 1.54) is 0 Å². The normalized spacial score (nSPS) is 20.1. The van der Waals surface area contributed by atoms with E-state index in [-0.39, 0.29) is 11.9 Å². The van der Waals surface area contributed by atoms with Crippen molar-refractivity contribution in [3.8, 4) is 5.75 Å². The summed E-state index contributed by atoms with van der Waals surface area (Å²) < 4.78 is 11.5. The number of hydrogen-bond donors (Lipinski definition) is 1. The van der Waals surface area contributed by atoms with Crippen LogP contribution in [0.25, 0.3) is 0 Å². The zero-order valence-corrected chi connectivity index (χ0v) is 12.8. The summed E-state index contributed by atoms with van der Waals surface area (Å²) >= 11 is 9.31. The molecule has 1 aliphatic heterocycles. The molecule has 6 heteroatoms. The van der Waals surface area contributed by atoms with E-state index in [0.29, 0.717) is 28.5 Å². The minimum atomic E-state index is -0.588. The van der Waals surface area contributed by atoms with Crippen LogP contribution < -0.4 is 10.1 Å². The van der Waals surface area contributed by atoms with E-state index >= 15 is 0 Å². The van der Waals surface area contributed by atoms with Crippen molar-refractivity contribution in [2.75, 3.05) is 13.2 Å². The molecule has 19 heavy (non-hydrogen) atoms. The molecule has 1 aliphatic rings. The van der Waals surface area contributed by atoms with E-state index < -0.39 is 6.10 Å². The smallest absolute Gasteiger partial charge is 0.261 e. The summed E-state index contributed by atoms with van der Waals surface area (Å²) in [4.78, 5) is 12.0. The number of amides is 1. The van der Waals surface area contributed by atoms with Crippen LogP contribution >= 0.6 is 27.5 Å². The van der Waals surface area contributed by atoms with E-state index in [2.05, 4.69) is 21.2 Å². The van der Waals surface area contributed by atoms with Crippen LogP contribution in [0.5, 0.6) is 5.75 Å². The fourth-order valence-electron chi connectivity index (χ4n) is 1.79. The van der Waals surface area contributed by atoms with Crippen LogP contribution in [0.4, 0.5) is 0 Å². The summed E-state index contributed by atoms with van der Waals surface area (Å²) in [7, 11) is 0. The molecule has 1 saturated heterocycles. The third-order valence-electron chi connectivity index (χ3n) is 2.87. The van der Waals surface area contributed by atoms with Crippen LogP contribution in [0.2, 0.25) is 5.02 Å². The Kier molecular flexibility index (Phi) is 5.07. The number of halogens is 2. The van der Waals surface area contributed by atoms with Crippen molar-refractivity contribution in [2.24, 2.45) is 0 Å². The molecule has 0 aliphatic carbocycles. The number of hydrogen-bond acceptors (Lipinski definition) is 3. The lowest BCUT2D eigenvalue weighted by atomic mass is 10.2. The second-order valence-electron chi connectivity index (χ2n) is 4.38. The first kappa shape index (κ1) is 14.6. The second kappa shape index (κ2) is 6.59. The Hall–Kier alpha value is -0.780. The molecule has 0 bridgehead atoms. The van der Waals surface area contributed by atoms with Gasteiger partial charge in [0.25, 0.3) is 5.91 Å². The van der Waals surface area contributed by atoms with Gasteiger partial charge in [-0.2, -0.15) is 0 Å². The SMILES string of the molecule is CC(Oc1cccc(Cl)c1Br)C(=O)NC1CCOC1. The molecule has 1 heterocycles. The summed E-state index contributed by atoms with van der Waals surface area (Å²) in [6.45, 7) is 2.97. The zero-order valence-electron chi connectivity index (χ0n) is 10.5. The molecular formula is C13H15BrClNO3. The molecule has 2 rings (SSSR count). The summed E-state index contributed by atoms with van der Waals surface area (Å²) in [5, 5.41) is 3.45. The Bertz CT molecular complexity index is 463. The van der Waals surface area contributed by atoms with Gasteiger partial charge < -0.3 is 14.8 Å². The van der Waals surface area contributed by atoms with Gasteiger partial charge in [0.1, 0.15) is 5.75 Å². The third-order valence-corrected chi connectivity index (χ3v) is 4.23. The summed E-state index contributed by atoms with van der Waals surface area (Å²) in [6, 6.07) is 5.37. The van der Waals surface area contributed by atoms with Gasteiger partial charge in [-0.25, -0.2) is 0 Å². The fraction of sp³-hybridized carbons (Fsp3) is 0.462. The standard InChI is InChI=1S/C13H15BrClNO3/c1-8(13(17)16-9-5-6-18-7-9)19-11-4-2-3-10(15)12(11)14/h2-4,8-9H,5-7H2,1H3,(H,16,17). The minimum absolute atomic E-state index is 0.0846. The number of benzene rings is 1. The Morgan fingerprint density at radius 2 is 2.42 bits per heavy atom. The van der Waals surface area contributed by atoms with Gasteiger partial charge in [0.05, 0.1) is 22.1 Å². The maximum Gasteiger partial charge on any atom is 0.261 e. The number of rotatable bonds is 4. The predicted molar refractivity (Wildman–Crippen MR) is 76.6 cm³/mol.